The van der Waals surface area contributed by atoms with E-state index < -0.39 is 0 Å². The highest BCUT2D eigenvalue weighted by Crippen LogP contribution is 2.48. The molecule has 1 radical (unpaired) electrons. The summed E-state index contributed by atoms with van der Waals surface area (Å²) in [5, 5.41) is 3.32. The number of ketones is 1. The molecule has 1 saturated heterocycles. The van der Waals surface area contributed by atoms with Gasteiger partial charge in [0.1, 0.15) is 5.78 Å². The topological polar surface area (TPSA) is 41.1 Å². The number of dihydropyridines is 1. The molecule has 0 aromatic rings. The summed E-state index contributed by atoms with van der Waals surface area (Å²) in [5.41, 5.74) is 2.52. The van der Waals surface area contributed by atoms with Gasteiger partial charge in [0.25, 0.3) is 0 Å². The Bertz CT molecular complexity index is 426. The third-order valence-corrected chi connectivity index (χ3v) is 5.23. The van der Waals surface area contributed by atoms with E-state index >= 15 is 0 Å². The largest absolute Gasteiger partial charge is 0.368 e. The molecule has 3 aliphatic rings. The molecule has 3 rings (SSSR count). The third-order valence-electron chi connectivity index (χ3n) is 3.94. The molecule has 0 spiro atoms. The lowest BCUT2D eigenvalue weighted by Crippen LogP contribution is -2.35. The molecule has 2 N–H and O–H groups in total. The average Bonchev–Trinajstić information content (AvgIpc) is 3.07. The fourth-order valence-corrected chi connectivity index (χ4v) is 4.21. The summed E-state index contributed by atoms with van der Waals surface area (Å²) in [5.74, 6) is 1.50. The summed E-state index contributed by atoms with van der Waals surface area (Å²) >= 11 is 1.62. The zero-order valence-electron chi connectivity index (χ0n) is 10.8. The van der Waals surface area contributed by atoms with E-state index in [1.807, 2.05) is 6.20 Å². The van der Waals surface area contributed by atoms with Crippen LogP contribution in [0.25, 0.3) is 0 Å². The minimum Gasteiger partial charge on any atom is -0.368 e. The van der Waals surface area contributed by atoms with Gasteiger partial charge in [-0.2, -0.15) is 0 Å². The number of hydrogen-bond acceptors (Lipinski definition) is 4. The average molecular weight is 263 g/mol. The van der Waals surface area contributed by atoms with Crippen molar-refractivity contribution in [1.82, 2.24) is 10.0 Å². The van der Waals surface area contributed by atoms with Gasteiger partial charge in [0.15, 0.2) is 0 Å². The first-order valence-electron chi connectivity index (χ1n) is 6.56. The monoisotopic (exact) mass is 263 g/mol. The van der Waals surface area contributed by atoms with Gasteiger partial charge in [-0.25, -0.2) is 0 Å². The molecular weight excluding hydrogens is 244 g/mol. The van der Waals surface area contributed by atoms with Crippen molar-refractivity contribution in [2.75, 3.05) is 0 Å². The van der Waals surface area contributed by atoms with Gasteiger partial charge in [-0.3, -0.25) is 9.52 Å². The van der Waals surface area contributed by atoms with Crippen LogP contribution < -0.4 is 10.0 Å². The predicted molar refractivity (Wildman–Crippen MR) is 74.5 cm³/mol. The van der Waals surface area contributed by atoms with Crippen molar-refractivity contribution in [3.63, 3.8) is 0 Å². The highest BCUT2D eigenvalue weighted by atomic mass is 32.2. The Balaban J connectivity index is 1.79. The zero-order chi connectivity index (χ0) is 12.7. The minimum absolute atomic E-state index is 0.128. The molecule has 97 valence electrons. The number of carbonyl (C=O) groups is 1. The normalized spacial score (nSPS) is 35.8. The summed E-state index contributed by atoms with van der Waals surface area (Å²) < 4.78 is 3.48. The van der Waals surface area contributed by atoms with E-state index in [9.17, 15) is 4.79 Å². The van der Waals surface area contributed by atoms with E-state index in [1.54, 1.807) is 18.9 Å². The van der Waals surface area contributed by atoms with Crippen LogP contribution in [0, 0.1) is 18.3 Å². The highest BCUT2D eigenvalue weighted by molar-refractivity contribution is 7.99. The van der Waals surface area contributed by atoms with Gasteiger partial charge in [-0.05, 0) is 43.8 Å². The number of rotatable bonds is 3. The lowest BCUT2D eigenvalue weighted by Gasteiger charge is -2.25. The van der Waals surface area contributed by atoms with E-state index in [0.29, 0.717) is 17.7 Å². The van der Waals surface area contributed by atoms with Gasteiger partial charge in [0.2, 0.25) is 0 Å². The van der Waals surface area contributed by atoms with Gasteiger partial charge in [-0.1, -0.05) is 11.9 Å². The minimum atomic E-state index is 0.128. The Hall–Kier alpha value is -0.740. The van der Waals surface area contributed by atoms with Crippen LogP contribution in [0.4, 0.5) is 0 Å². The van der Waals surface area contributed by atoms with Crippen LogP contribution in [-0.4, -0.2) is 17.1 Å². The molecule has 0 bridgehead atoms. The molecule has 2 heterocycles. The Morgan fingerprint density at radius 1 is 1.39 bits per heavy atom. The van der Waals surface area contributed by atoms with Crippen LogP contribution in [0.2, 0.25) is 0 Å². The summed E-state index contributed by atoms with van der Waals surface area (Å²) in [4.78, 5) is 11.8. The second-order valence-electron chi connectivity index (χ2n) is 5.50. The molecule has 3 nitrogen and oxygen atoms in total. The van der Waals surface area contributed by atoms with Crippen LogP contribution in [0.3, 0.4) is 0 Å². The molecule has 4 heteroatoms. The molecule has 0 amide bonds. The first kappa shape index (κ1) is 12.3. The summed E-state index contributed by atoms with van der Waals surface area (Å²) in [6, 6.07) is 0.313. The van der Waals surface area contributed by atoms with E-state index in [0.717, 1.165) is 5.92 Å². The molecule has 18 heavy (non-hydrogen) atoms. The molecule has 3 atom stereocenters. The predicted octanol–water partition coefficient (Wildman–Crippen LogP) is 2.19. The number of allylic oxidation sites excluding steroid dienone is 1. The third kappa shape index (κ3) is 2.24. The molecule has 2 fully saturated rings. The van der Waals surface area contributed by atoms with Crippen LogP contribution in [0.1, 0.15) is 26.7 Å². The SMILES string of the molecule is CC(=O)C1SNC(C2=CNC=C(C)[CH]2)C1C1CC1. The number of hydrogen-bond donors (Lipinski definition) is 2. The van der Waals surface area contributed by atoms with Crippen LogP contribution in [0.5, 0.6) is 0 Å². The fraction of sp³-hybridized carbons (Fsp3) is 0.571. The van der Waals surface area contributed by atoms with Crippen LogP contribution in [0.15, 0.2) is 23.5 Å². The molecule has 1 aliphatic carbocycles. The Kier molecular flexibility index (Phi) is 3.24. The van der Waals surface area contributed by atoms with Crippen LogP contribution >= 0.6 is 11.9 Å². The van der Waals surface area contributed by atoms with Gasteiger partial charge >= 0.3 is 0 Å². The van der Waals surface area contributed by atoms with Crippen molar-refractivity contribution in [1.29, 1.82) is 0 Å². The van der Waals surface area contributed by atoms with Gasteiger partial charge in [0, 0.05) is 30.8 Å². The summed E-state index contributed by atoms with van der Waals surface area (Å²) in [6.07, 6.45) is 8.83. The van der Waals surface area contributed by atoms with Crippen molar-refractivity contribution in [3.05, 3.63) is 30.0 Å². The first-order valence-corrected chi connectivity index (χ1v) is 7.44. The van der Waals surface area contributed by atoms with E-state index in [1.165, 1.54) is 24.0 Å². The Labute approximate surface area is 113 Å². The first-order chi connectivity index (χ1) is 8.66. The smallest absolute Gasteiger partial charge is 0.144 e. The lowest BCUT2D eigenvalue weighted by atomic mass is 9.83. The molecular formula is C14H19N2OS. The van der Waals surface area contributed by atoms with E-state index in [4.69, 9.17) is 0 Å². The Morgan fingerprint density at radius 2 is 2.17 bits per heavy atom. The maximum absolute atomic E-state index is 11.8. The molecule has 0 aromatic heterocycles. The molecule has 3 unspecified atom stereocenters. The van der Waals surface area contributed by atoms with E-state index in [2.05, 4.69) is 29.6 Å². The molecule has 1 saturated carbocycles. The number of nitrogens with one attached hydrogen (secondary N) is 2. The maximum Gasteiger partial charge on any atom is 0.144 e. The van der Waals surface area contributed by atoms with Crippen molar-refractivity contribution in [2.45, 2.75) is 38.0 Å². The lowest BCUT2D eigenvalue weighted by molar-refractivity contribution is -0.117. The van der Waals surface area contributed by atoms with Gasteiger partial charge in [0.05, 0.1) is 5.25 Å². The van der Waals surface area contributed by atoms with Crippen molar-refractivity contribution < 1.29 is 4.79 Å². The zero-order valence-corrected chi connectivity index (χ0v) is 11.6. The second kappa shape index (κ2) is 4.74. The van der Waals surface area contributed by atoms with Crippen molar-refractivity contribution in [2.24, 2.45) is 11.8 Å². The maximum atomic E-state index is 11.8. The fourth-order valence-electron chi connectivity index (χ4n) is 2.92. The van der Waals surface area contributed by atoms with Crippen molar-refractivity contribution >= 4 is 17.7 Å². The summed E-state index contributed by atoms with van der Waals surface area (Å²) in [6.45, 7) is 3.82. The second-order valence-corrected chi connectivity index (χ2v) is 6.48. The van der Waals surface area contributed by atoms with Crippen molar-refractivity contribution in [3.8, 4) is 0 Å². The number of Topliss-reactive ketones (excluding diaryl/α,β-unsaturated/α-hetero) is 1. The standard InChI is InChI=1S/C14H19N2OS/c1-8-5-11(7-15-6-8)13-12(10-3-4-10)14(9(2)17)18-16-13/h5-7,10,12-16H,3-4H2,1-2H3. The summed E-state index contributed by atoms with van der Waals surface area (Å²) in [7, 11) is 0. The van der Waals surface area contributed by atoms with Crippen LogP contribution in [-0.2, 0) is 4.79 Å². The quantitative estimate of drug-likeness (QED) is 0.766. The van der Waals surface area contributed by atoms with E-state index in [-0.39, 0.29) is 5.25 Å². The molecule has 2 aliphatic heterocycles. The molecule has 0 aromatic carbocycles. The number of carbonyl (C=O) groups excluding carboxylic acids is 1. The van der Waals surface area contributed by atoms with Gasteiger partial charge < -0.3 is 5.32 Å². The highest BCUT2D eigenvalue weighted by Gasteiger charge is 2.48. The Morgan fingerprint density at radius 3 is 2.78 bits per heavy atom. The van der Waals surface area contributed by atoms with Gasteiger partial charge in [-0.15, -0.1) is 0 Å².